The van der Waals surface area contributed by atoms with Gasteiger partial charge in [-0.1, -0.05) is 79.7 Å². The first-order valence-electron chi connectivity index (χ1n) is 24.5. The Balaban J connectivity index is 2.27. The first-order valence-corrected chi connectivity index (χ1v) is 26.7. The number of benzene rings is 2. The number of carbonyl (C=O) groups excluding carboxylic acids is 8. The average Bonchev–Trinajstić information content (AvgIpc) is 3.30. The van der Waals surface area contributed by atoms with E-state index in [0.717, 1.165) is 16.9 Å². The lowest BCUT2D eigenvalue weighted by Crippen LogP contribution is -2.54. The molecule has 1 fully saturated rings. The molecule has 8 atom stereocenters. The van der Waals surface area contributed by atoms with Gasteiger partial charge in [-0.2, -0.15) is 0 Å². The third-order valence-corrected chi connectivity index (χ3v) is 13.9. The van der Waals surface area contributed by atoms with Crippen molar-refractivity contribution in [2.75, 3.05) is 28.2 Å². The summed E-state index contributed by atoms with van der Waals surface area (Å²) in [5.74, 6) is -6.87. The highest BCUT2D eigenvalue weighted by atomic mass is 127. The van der Waals surface area contributed by atoms with E-state index in [2.05, 4.69) is 45.2 Å². The number of rotatable bonds is 13. The van der Waals surface area contributed by atoms with Gasteiger partial charge < -0.3 is 38.5 Å². The molecule has 1 aliphatic rings. The van der Waals surface area contributed by atoms with Gasteiger partial charge in [0.25, 0.3) is 23.6 Å². The molecule has 0 unspecified atom stereocenters. The molecule has 0 spiro atoms. The molecule has 0 aromatic heterocycles. The van der Waals surface area contributed by atoms with Gasteiger partial charge >= 0.3 is 23.9 Å². The Morgan fingerprint density at radius 3 is 1.01 bits per heavy atom. The highest BCUT2D eigenvalue weighted by Crippen LogP contribution is 2.24. The Morgan fingerprint density at radius 2 is 0.704 bits per heavy atom. The zero-order chi connectivity index (χ0) is 53.6. The summed E-state index contributed by atoms with van der Waals surface area (Å²) in [4.78, 5) is 120. The van der Waals surface area contributed by atoms with Crippen LogP contribution in [0.5, 0.6) is 0 Å². The van der Waals surface area contributed by atoms with Crippen molar-refractivity contribution in [1.82, 2.24) is 19.6 Å². The van der Waals surface area contributed by atoms with Crippen LogP contribution in [0.2, 0.25) is 0 Å². The summed E-state index contributed by atoms with van der Waals surface area (Å²) in [6.45, 7) is 17.8. The van der Waals surface area contributed by atoms with E-state index in [9.17, 15) is 38.4 Å². The molecule has 2 aromatic carbocycles. The van der Waals surface area contributed by atoms with Crippen LogP contribution in [-0.4, -0.2) is 144 Å². The molecule has 1 saturated heterocycles. The zero-order valence-electron chi connectivity index (χ0n) is 43.9. The maximum atomic E-state index is 14.8. The first-order chi connectivity index (χ1) is 33.1. The molecule has 1 heterocycles. The Morgan fingerprint density at radius 1 is 0.423 bits per heavy atom. The van der Waals surface area contributed by atoms with Crippen LogP contribution in [-0.2, 0) is 70.1 Å². The molecule has 0 N–H and O–H groups in total. The average molecular weight is 1220 g/mol. The number of esters is 4. The number of likely N-dealkylation sites (N-methyl/N-ethyl adjacent to an activating group) is 4. The van der Waals surface area contributed by atoms with Crippen molar-refractivity contribution in [2.45, 2.75) is 163 Å². The maximum absolute atomic E-state index is 14.8. The van der Waals surface area contributed by atoms with Crippen LogP contribution in [0.3, 0.4) is 0 Å². The van der Waals surface area contributed by atoms with E-state index in [1.807, 2.05) is 79.7 Å². The normalized spacial score (nSPS) is 24.7. The van der Waals surface area contributed by atoms with Gasteiger partial charge in [0.05, 0.1) is 0 Å². The Hall–Kier alpha value is -4.34. The summed E-state index contributed by atoms with van der Waals surface area (Å²) in [7, 11) is 5.60. The van der Waals surface area contributed by atoms with Crippen LogP contribution in [0.25, 0.3) is 0 Å². The van der Waals surface area contributed by atoms with Crippen LogP contribution >= 0.6 is 45.2 Å². The molecular formula is C53H76I2N4O12. The summed E-state index contributed by atoms with van der Waals surface area (Å²) in [5.41, 5.74) is 1.31. The van der Waals surface area contributed by atoms with Crippen LogP contribution < -0.4 is 0 Å². The first kappa shape index (κ1) is 61.0. The Labute approximate surface area is 448 Å². The van der Waals surface area contributed by atoms with Gasteiger partial charge in [-0.25, -0.2) is 19.2 Å². The van der Waals surface area contributed by atoms with Gasteiger partial charge in [0.2, 0.25) is 0 Å². The molecule has 2 aromatic rings. The van der Waals surface area contributed by atoms with Gasteiger partial charge in [0.15, 0.2) is 24.4 Å². The van der Waals surface area contributed by atoms with E-state index in [1.54, 1.807) is 24.3 Å². The second-order valence-electron chi connectivity index (χ2n) is 20.4. The lowest BCUT2D eigenvalue weighted by Gasteiger charge is -2.35. The van der Waals surface area contributed by atoms with Crippen LogP contribution in [0.15, 0.2) is 48.5 Å². The predicted octanol–water partition coefficient (Wildman–Crippen LogP) is 7.26. The van der Waals surface area contributed by atoms with Gasteiger partial charge in [-0.15, -0.1) is 0 Å². The van der Waals surface area contributed by atoms with E-state index < -0.39 is 96.1 Å². The van der Waals surface area contributed by atoms with Crippen molar-refractivity contribution in [1.29, 1.82) is 0 Å². The standard InChI is InChI=1S/C53H76I2N4O12/c1-30(2)15-24-40-50(64)70-44(28-36-16-20-38(54)21-17-36)48(62)58(13)42(26-32(5)6)52(66)69-35(10)47(61)57(12)43(27-33(7)8)53(67)71-45(29-37-18-22-39(55)23-19-37)49(63)59(14)41(25-31(3)4)51(65)68-34(9)46(60)56(40)11/h16-23,30-35,40-45H,15,24-29H2,1-14H3/t34-,35-,40+,41+,42+,43+,44-,45-/m1/s1. The van der Waals surface area contributed by atoms with Gasteiger partial charge in [0, 0.05) is 48.2 Å². The summed E-state index contributed by atoms with van der Waals surface area (Å²) in [6.07, 6.45) is -5.09. The largest absolute Gasteiger partial charge is 0.451 e. The lowest BCUT2D eigenvalue weighted by atomic mass is 10.00. The number of cyclic esters (lactones) is 4. The van der Waals surface area contributed by atoms with Crippen molar-refractivity contribution in [3.05, 3.63) is 66.8 Å². The number of amides is 4. The van der Waals surface area contributed by atoms with Crippen LogP contribution in [0.1, 0.15) is 112 Å². The van der Waals surface area contributed by atoms with Crippen molar-refractivity contribution >= 4 is 92.7 Å². The molecule has 0 saturated carbocycles. The molecule has 0 bridgehead atoms. The third kappa shape index (κ3) is 18.3. The monoisotopic (exact) mass is 1210 g/mol. The molecule has 0 aliphatic carbocycles. The molecule has 16 nitrogen and oxygen atoms in total. The SMILES string of the molecule is CC(C)CC[C@H]1C(=O)O[C@H](Cc2ccc(I)cc2)C(=O)N(C)[C@@H](CC(C)C)C(=O)O[C@H](C)C(=O)N(C)[C@@H](CC(C)C)C(=O)O[C@H](Cc2ccc(I)cc2)C(=O)N(C)[C@@H](CC(C)C)C(=O)O[C@H](C)C(=O)N1C. The van der Waals surface area contributed by atoms with Gasteiger partial charge in [-0.05, 0) is 150 Å². The summed E-state index contributed by atoms with van der Waals surface area (Å²) in [5, 5.41) is 0. The summed E-state index contributed by atoms with van der Waals surface area (Å²) >= 11 is 4.30. The fraction of sp³-hybridized carbons (Fsp3) is 0.623. The molecule has 394 valence electrons. The topological polar surface area (TPSA) is 186 Å². The predicted molar refractivity (Wildman–Crippen MR) is 285 cm³/mol. The molecule has 18 heteroatoms. The summed E-state index contributed by atoms with van der Waals surface area (Å²) in [6, 6.07) is 9.57. The molecular weight excluding hydrogens is 1140 g/mol. The second-order valence-corrected chi connectivity index (χ2v) is 22.9. The van der Waals surface area contributed by atoms with E-state index in [0.29, 0.717) is 17.5 Å². The minimum absolute atomic E-state index is 0.0834. The van der Waals surface area contributed by atoms with E-state index in [-0.39, 0.29) is 62.2 Å². The highest BCUT2D eigenvalue weighted by molar-refractivity contribution is 14.1. The van der Waals surface area contributed by atoms with Crippen molar-refractivity contribution in [3.63, 3.8) is 0 Å². The number of hydrogen-bond donors (Lipinski definition) is 0. The molecule has 71 heavy (non-hydrogen) atoms. The van der Waals surface area contributed by atoms with Crippen molar-refractivity contribution < 1.29 is 57.3 Å². The number of ether oxygens (including phenoxy) is 4. The van der Waals surface area contributed by atoms with Crippen molar-refractivity contribution in [2.24, 2.45) is 23.7 Å². The fourth-order valence-electron chi connectivity index (χ4n) is 8.25. The third-order valence-electron chi connectivity index (χ3n) is 12.5. The van der Waals surface area contributed by atoms with E-state index >= 15 is 0 Å². The highest BCUT2D eigenvalue weighted by Gasteiger charge is 2.42. The van der Waals surface area contributed by atoms with Gasteiger partial charge in [0.1, 0.15) is 24.2 Å². The maximum Gasteiger partial charge on any atom is 0.329 e. The van der Waals surface area contributed by atoms with Gasteiger partial charge in [-0.3, -0.25) is 19.2 Å². The number of nitrogens with zero attached hydrogens (tertiary/aromatic N) is 4. The Bertz CT molecular complexity index is 2140. The minimum Gasteiger partial charge on any atom is -0.451 e. The second kappa shape index (κ2) is 28.2. The molecule has 0 radical (unpaired) electrons. The molecule has 1 aliphatic heterocycles. The van der Waals surface area contributed by atoms with E-state index in [4.69, 9.17) is 18.9 Å². The lowest BCUT2D eigenvalue weighted by molar-refractivity contribution is -0.176. The smallest absolute Gasteiger partial charge is 0.329 e. The number of hydrogen-bond acceptors (Lipinski definition) is 12. The van der Waals surface area contributed by atoms with Crippen LogP contribution in [0, 0.1) is 30.8 Å². The van der Waals surface area contributed by atoms with Crippen molar-refractivity contribution in [3.8, 4) is 0 Å². The fourth-order valence-corrected chi connectivity index (χ4v) is 8.97. The molecule has 4 amide bonds. The van der Waals surface area contributed by atoms with E-state index in [1.165, 1.54) is 51.8 Å². The Kier molecular flexibility index (Phi) is 24.2. The number of halogens is 2. The zero-order valence-corrected chi connectivity index (χ0v) is 48.3. The molecule has 3 rings (SSSR count). The quantitative estimate of drug-likeness (QED) is 0.111. The minimum atomic E-state index is -1.48. The van der Waals surface area contributed by atoms with Crippen LogP contribution in [0.4, 0.5) is 0 Å². The summed E-state index contributed by atoms with van der Waals surface area (Å²) < 4.78 is 25.8. The number of carbonyl (C=O) groups is 8.